The van der Waals surface area contributed by atoms with Gasteiger partial charge in [0.15, 0.2) is 0 Å². The van der Waals surface area contributed by atoms with Gasteiger partial charge in [0, 0.05) is 10.6 Å². The molecule has 0 bridgehead atoms. The number of benzene rings is 1. The van der Waals surface area contributed by atoms with E-state index in [1.54, 1.807) is 24.3 Å². The van der Waals surface area contributed by atoms with E-state index in [4.69, 9.17) is 23.2 Å². The maximum Gasteiger partial charge on any atom is 0.203 e. The zero-order valence-corrected chi connectivity index (χ0v) is 12.7. The molecule has 0 amide bonds. The molecular formula is C12H7BrCl2OS. The van der Waals surface area contributed by atoms with Crippen molar-refractivity contribution in [3.63, 3.8) is 0 Å². The van der Waals surface area contributed by atoms with Crippen LogP contribution in [0.3, 0.4) is 0 Å². The average molecular weight is 350 g/mol. The number of rotatable bonds is 2. The molecule has 0 unspecified atom stereocenters. The fourth-order valence-electron chi connectivity index (χ4n) is 1.47. The zero-order chi connectivity index (χ0) is 12.6. The van der Waals surface area contributed by atoms with E-state index < -0.39 is 0 Å². The van der Waals surface area contributed by atoms with Crippen molar-refractivity contribution >= 4 is 56.3 Å². The van der Waals surface area contributed by atoms with Gasteiger partial charge >= 0.3 is 0 Å². The molecule has 0 aliphatic carbocycles. The molecule has 0 spiro atoms. The van der Waals surface area contributed by atoms with E-state index in [0.29, 0.717) is 20.5 Å². The fourth-order valence-corrected chi connectivity index (χ4v) is 3.36. The summed E-state index contributed by atoms with van der Waals surface area (Å²) in [5, 5.41) is 1.19. The van der Waals surface area contributed by atoms with Crippen LogP contribution < -0.4 is 0 Å². The Kier molecular flexibility index (Phi) is 3.93. The van der Waals surface area contributed by atoms with Crippen molar-refractivity contribution in [1.29, 1.82) is 0 Å². The van der Waals surface area contributed by atoms with Crippen LogP contribution in [0.5, 0.6) is 0 Å². The molecule has 88 valence electrons. The van der Waals surface area contributed by atoms with E-state index in [1.165, 1.54) is 11.3 Å². The number of aryl methyl sites for hydroxylation is 1. The number of carbonyl (C=O) groups is 1. The highest BCUT2D eigenvalue weighted by molar-refractivity contribution is 9.11. The second kappa shape index (κ2) is 5.11. The lowest BCUT2D eigenvalue weighted by molar-refractivity contribution is 0.104. The maximum absolute atomic E-state index is 12.2. The van der Waals surface area contributed by atoms with Gasteiger partial charge < -0.3 is 0 Å². The second-order valence-corrected chi connectivity index (χ2v) is 6.73. The fraction of sp³-hybridized carbons (Fsp3) is 0.0833. The minimum Gasteiger partial charge on any atom is -0.288 e. The van der Waals surface area contributed by atoms with E-state index in [-0.39, 0.29) is 5.78 Å². The largest absolute Gasteiger partial charge is 0.288 e. The van der Waals surface area contributed by atoms with Crippen LogP contribution in [0.2, 0.25) is 10.0 Å². The van der Waals surface area contributed by atoms with Gasteiger partial charge in [-0.1, -0.05) is 23.2 Å². The van der Waals surface area contributed by atoms with Crippen LogP contribution >= 0.6 is 50.5 Å². The number of carbonyl (C=O) groups excluding carboxylic acids is 1. The Morgan fingerprint density at radius 2 is 2.00 bits per heavy atom. The zero-order valence-electron chi connectivity index (χ0n) is 8.76. The third kappa shape index (κ3) is 2.74. The quantitative estimate of drug-likeness (QED) is 0.667. The van der Waals surface area contributed by atoms with Crippen molar-refractivity contribution in [3.8, 4) is 0 Å². The standard InChI is InChI=1S/C12H7BrCl2OS/c1-6-4-7(14)2-3-8(6)11(16)10-5-9(15)12(13)17-10/h2-5H,1H3. The summed E-state index contributed by atoms with van der Waals surface area (Å²) in [6.07, 6.45) is 0. The summed E-state index contributed by atoms with van der Waals surface area (Å²) in [5.74, 6) is -0.0308. The minimum absolute atomic E-state index is 0.0308. The van der Waals surface area contributed by atoms with Crippen molar-refractivity contribution in [2.75, 3.05) is 0 Å². The maximum atomic E-state index is 12.2. The van der Waals surface area contributed by atoms with Gasteiger partial charge in [0.2, 0.25) is 5.78 Å². The van der Waals surface area contributed by atoms with Gasteiger partial charge in [-0.3, -0.25) is 4.79 Å². The van der Waals surface area contributed by atoms with Crippen LogP contribution in [0.1, 0.15) is 20.8 Å². The molecule has 0 N–H and O–H groups in total. The topological polar surface area (TPSA) is 17.1 Å². The van der Waals surface area contributed by atoms with Crippen LogP contribution in [-0.4, -0.2) is 5.78 Å². The van der Waals surface area contributed by atoms with Gasteiger partial charge in [-0.05, 0) is 52.7 Å². The molecule has 0 radical (unpaired) electrons. The van der Waals surface area contributed by atoms with Crippen LogP contribution in [0, 0.1) is 6.92 Å². The summed E-state index contributed by atoms with van der Waals surface area (Å²) in [6.45, 7) is 1.86. The molecular weight excluding hydrogens is 343 g/mol. The number of hydrogen-bond acceptors (Lipinski definition) is 2. The Bertz CT molecular complexity index is 573. The molecule has 0 saturated heterocycles. The number of thiophene rings is 1. The lowest BCUT2D eigenvalue weighted by Gasteiger charge is -2.03. The summed E-state index contributed by atoms with van der Waals surface area (Å²) in [5.41, 5.74) is 1.52. The first-order chi connectivity index (χ1) is 7.99. The van der Waals surface area contributed by atoms with E-state index in [9.17, 15) is 4.79 Å². The Labute approximate surface area is 121 Å². The summed E-state index contributed by atoms with van der Waals surface area (Å²) in [7, 11) is 0. The lowest BCUT2D eigenvalue weighted by atomic mass is 10.0. The van der Waals surface area contributed by atoms with Crippen LogP contribution in [-0.2, 0) is 0 Å². The summed E-state index contributed by atoms with van der Waals surface area (Å²) >= 11 is 16.4. The Morgan fingerprint density at radius 3 is 2.53 bits per heavy atom. The summed E-state index contributed by atoms with van der Waals surface area (Å²) in [4.78, 5) is 12.8. The Morgan fingerprint density at radius 1 is 1.29 bits per heavy atom. The van der Waals surface area contributed by atoms with E-state index in [0.717, 1.165) is 9.35 Å². The number of hydrogen-bond donors (Lipinski definition) is 0. The molecule has 1 heterocycles. The van der Waals surface area contributed by atoms with Gasteiger partial charge in [-0.15, -0.1) is 11.3 Å². The Balaban J connectivity index is 2.43. The van der Waals surface area contributed by atoms with Gasteiger partial charge in [0.05, 0.1) is 13.7 Å². The van der Waals surface area contributed by atoms with E-state index in [1.807, 2.05) is 6.92 Å². The number of ketones is 1. The normalized spacial score (nSPS) is 10.6. The predicted octanol–water partition coefficient (Wildman–Crippen LogP) is 5.36. The van der Waals surface area contributed by atoms with Crippen molar-refractivity contribution in [2.45, 2.75) is 6.92 Å². The SMILES string of the molecule is Cc1cc(Cl)ccc1C(=O)c1cc(Cl)c(Br)s1. The lowest BCUT2D eigenvalue weighted by Crippen LogP contribution is -2.01. The molecule has 0 aliphatic heterocycles. The molecule has 0 atom stereocenters. The predicted molar refractivity (Wildman–Crippen MR) is 76.7 cm³/mol. The molecule has 1 aromatic carbocycles. The summed E-state index contributed by atoms with van der Waals surface area (Å²) < 4.78 is 0.772. The molecule has 5 heteroatoms. The first kappa shape index (κ1) is 13.1. The minimum atomic E-state index is -0.0308. The van der Waals surface area contributed by atoms with Gasteiger partial charge in [-0.2, -0.15) is 0 Å². The average Bonchev–Trinajstić information content (AvgIpc) is 2.58. The van der Waals surface area contributed by atoms with Gasteiger partial charge in [0.1, 0.15) is 0 Å². The smallest absolute Gasteiger partial charge is 0.203 e. The third-order valence-corrected chi connectivity index (χ3v) is 5.01. The number of halogens is 3. The third-order valence-electron chi connectivity index (χ3n) is 2.30. The highest BCUT2D eigenvalue weighted by atomic mass is 79.9. The molecule has 1 aromatic heterocycles. The van der Waals surface area contributed by atoms with Crippen molar-refractivity contribution < 1.29 is 4.79 Å². The van der Waals surface area contributed by atoms with Gasteiger partial charge in [0.25, 0.3) is 0 Å². The first-order valence-electron chi connectivity index (χ1n) is 4.74. The van der Waals surface area contributed by atoms with Crippen molar-refractivity contribution in [3.05, 3.63) is 54.1 Å². The van der Waals surface area contributed by atoms with Crippen LogP contribution in [0.25, 0.3) is 0 Å². The highest BCUT2D eigenvalue weighted by Crippen LogP contribution is 2.33. The van der Waals surface area contributed by atoms with E-state index >= 15 is 0 Å². The first-order valence-corrected chi connectivity index (χ1v) is 7.11. The summed E-state index contributed by atoms with van der Waals surface area (Å²) in [6, 6.07) is 6.90. The van der Waals surface area contributed by atoms with Gasteiger partial charge in [-0.25, -0.2) is 0 Å². The second-order valence-electron chi connectivity index (χ2n) is 3.52. The molecule has 0 aliphatic rings. The molecule has 1 nitrogen and oxygen atoms in total. The molecule has 2 aromatic rings. The molecule has 0 saturated carbocycles. The monoisotopic (exact) mass is 348 g/mol. The van der Waals surface area contributed by atoms with Crippen molar-refractivity contribution in [1.82, 2.24) is 0 Å². The molecule has 0 fully saturated rings. The molecule has 2 rings (SSSR count). The van der Waals surface area contributed by atoms with Crippen LogP contribution in [0.15, 0.2) is 28.1 Å². The molecule has 17 heavy (non-hydrogen) atoms. The Hall–Kier alpha value is -0.350. The van der Waals surface area contributed by atoms with E-state index in [2.05, 4.69) is 15.9 Å². The van der Waals surface area contributed by atoms with Crippen LogP contribution in [0.4, 0.5) is 0 Å². The van der Waals surface area contributed by atoms with Crippen molar-refractivity contribution in [2.24, 2.45) is 0 Å². The highest BCUT2D eigenvalue weighted by Gasteiger charge is 2.16.